The molecule has 0 aliphatic carbocycles. The summed E-state index contributed by atoms with van der Waals surface area (Å²) in [6, 6.07) is 9.22. The zero-order chi connectivity index (χ0) is 24.5. The third-order valence-electron chi connectivity index (χ3n) is 4.61. The fraction of sp³-hybridized carbons (Fsp3) is 0.0909. The lowest BCUT2D eigenvalue weighted by Gasteiger charge is -2.15. The summed E-state index contributed by atoms with van der Waals surface area (Å²) in [7, 11) is 0. The van der Waals surface area contributed by atoms with Gasteiger partial charge < -0.3 is 20.4 Å². The number of amides is 2. The SMILES string of the molecule is O=C(Nc1ccc(Oc2ccnc3[nH]ccc23)cc1)Nc1cc(C(F)(F)F)cc(C(F)(F)F)c1. The molecule has 0 aliphatic heterocycles. The maximum Gasteiger partial charge on any atom is 0.416 e. The highest BCUT2D eigenvalue weighted by Gasteiger charge is 2.37. The number of fused-ring (bicyclic) bond motifs is 1. The molecule has 2 aromatic heterocycles. The number of hydrogen-bond donors (Lipinski definition) is 3. The Morgan fingerprint density at radius 1 is 0.824 bits per heavy atom. The van der Waals surface area contributed by atoms with E-state index in [2.05, 4.69) is 15.3 Å². The van der Waals surface area contributed by atoms with Crippen molar-refractivity contribution in [2.24, 2.45) is 0 Å². The molecule has 0 bridgehead atoms. The van der Waals surface area contributed by atoms with Crippen molar-refractivity contribution in [2.45, 2.75) is 12.4 Å². The first-order valence-electron chi connectivity index (χ1n) is 9.56. The number of urea groups is 1. The second-order valence-corrected chi connectivity index (χ2v) is 7.05. The van der Waals surface area contributed by atoms with Crippen LogP contribution in [0.2, 0.25) is 0 Å². The van der Waals surface area contributed by atoms with Gasteiger partial charge in [-0.05, 0) is 54.6 Å². The van der Waals surface area contributed by atoms with Gasteiger partial charge in [-0.15, -0.1) is 0 Å². The number of aromatic nitrogens is 2. The Kier molecular flexibility index (Phi) is 5.82. The minimum atomic E-state index is -5.02. The Bertz CT molecular complexity index is 1300. The summed E-state index contributed by atoms with van der Waals surface area (Å²) in [6.45, 7) is 0. The van der Waals surface area contributed by atoms with Gasteiger partial charge in [0.05, 0.1) is 16.5 Å². The number of aromatic amines is 1. The second kappa shape index (κ2) is 8.61. The lowest BCUT2D eigenvalue weighted by molar-refractivity contribution is -0.143. The average molecular weight is 480 g/mol. The molecule has 0 aliphatic rings. The van der Waals surface area contributed by atoms with Crippen molar-refractivity contribution in [3.8, 4) is 11.5 Å². The number of ether oxygens (including phenoxy) is 1. The van der Waals surface area contributed by atoms with E-state index in [0.717, 1.165) is 5.39 Å². The van der Waals surface area contributed by atoms with Gasteiger partial charge in [0.25, 0.3) is 0 Å². The minimum Gasteiger partial charge on any atom is -0.457 e. The highest BCUT2D eigenvalue weighted by Crippen LogP contribution is 2.37. The van der Waals surface area contributed by atoms with Crippen molar-refractivity contribution in [3.05, 3.63) is 78.1 Å². The van der Waals surface area contributed by atoms with Crippen molar-refractivity contribution < 1.29 is 35.9 Å². The summed E-state index contributed by atoms with van der Waals surface area (Å²) in [4.78, 5) is 19.3. The Morgan fingerprint density at radius 2 is 1.44 bits per heavy atom. The monoisotopic (exact) mass is 480 g/mol. The van der Waals surface area contributed by atoms with E-state index in [1.807, 2.05) is 5.32 Å². The summed E-state index contributed by atoms with van der Waals surface area (Å²) in [5.74, 6) is 0.960. The predicted molar refractivity (Wildman–Crippen MR) is 112 cm³/mol. The topological polar surface area (TPSA) is 79.0 Å². The van der Waals surface area contributed by atoms with Crippen molar-refractivity contribution in [1.82, 2.24) is 9.97 Å². The number of halogens is 6. The van der Waals surface area contributed by atoms with Crippen molar-refractivity contribution in [2.75, 3.05) is 10.6 Å². The van der Waals surface area contributed by atoms with E-state index in [1.54, 1.807) is 24.5 Å². The van der Waals surface area contributed by atoms with Crippen LogP contribution in [0, 0.1) is 0 Å². The smallest absolute Gasteiger partial charge is 0.416 e. The molecule has 0 atom stereocenters. The number of benzene rings is 2. The number of anilines is 2. The van der Waals surface area contributed by atoms with E-state index in [-0.39, 0.29) is 11.8 Å². The molecule has 2 amide bonds. The molecule has 34 heavy (non-hydrogen) atoms. The summed E-state index contributed by atoms with van der Waals surface area (Å²) in [5.41, 5.74) is -2.86. The number of nitrogens with one attached hydrogen (secondary N) is 3. The number of alkyl halides is 6. The standard InChI is InChI=1S/C22H14F6N4O2/c23-21(24,25)12-9-13(22(26,27)28)11-15(10-12)32-20(33)31-14-1-3-16(4-2-14)34-18-6-8-30-19-17(18)5-7-29-19/h1-11H,(H,29,30)(H2,31,32,33). The molecule has 4 rings (SSSR count). The second-order valence-electron chi connectivity index (χ2n) is 7.05. The summed E-state index contributed by atoms with van der Waals surface area (Å²) in [5, 5.41) is 5.09. The Labute approximate surface area is 187 Å². The van der Waals surface area contributed by atoms with Crippen LogP contribution in [0.4, 0.5) is 42.5 Å². The number of pyridine rings is 1. The molecule has 2 aromatic carbocycles. The van der Waals surface area contributed by atoms with Gasteiger partial charge in [0, 0.05) is 23.8 Å². The summed E-state index contributed by atoms with van der Waals surface area (Å²) < 4.78 is 83.6. The van der Waals surface area contributed by atoms with E-state index in [1.165, 1.54) is 24.3 Å². The van der Waals surface area contributed by atoms with Gasteiger partial charge in [-0.1, -0.05) is 0 Å². The molecule has 12 heteroatoms. The fourth-order valence-corrected chi connectivity index (χ4v) is 3.08. The van der Waals surface area contributed by atoms with Crippen LogP contribution in [0.3, 0.4) is 0 Å². The van der Waals surface area contributed by atoms with Gasteiger partial charge in [0.15, 0.2) is 0 Å². The third kappa shape index (κ3) is 5.22. The molecule has 0 radical (unpaired) electrons. The quantitative estimate of drug-likeness (QED) is 0.274. The molecule has 176 valence electrons. The summed E-state index contributed by atoms with van der Waals surface area (Å²) >= 11 is 0. The van der Waals surface area contributed by atoms with Gasteiger partial charge >= 0.3 is 18.4 Å². The fourth-order valence-electron chi connectivity index (χ4n) is 3.08. The van der Waals surface area contributed by atoms with Crippen LogP contribution >= 0.6 is 0 Å². The van der Waals surface area contributed by atoms with Crippen LogP contribution in [0.15, 0.2) is 67.0 Å². The Hall–Kier alpha value is -4.22. The normalized spacial score (nSPS) is 11.9. The molecular weight excluding hydrogens is 466 g/mol. The average Bonchev–Trinajstić information content (AvgIpc) is 3.23. The zero-order valence-electron chi connectivity index (χ0n) is 16.9. The third-order valence-corrected chi connectivity index (χ3v) is 4.61. The van der Waals surface area contributed by atoms with Gasteiger partial charge in [-0.25, -0.2) is 9.78 Å². The first-order valence-corrected chi connectivity index (χ1v) is 9.56. The van der Waals surface area contributed by atoms with Crippen molar-refractivity contribution in [1.29, 1.82) is 0 Å². The van der Waals surface area contributed by atoms with Crippen molar-refractivity contribution in [3.63, 3.8) is 0 Å². The van der Waals surface area contributed by atoms with Gasteiger partial charge in [-0.2, -0.15) is 26.3 Å². The molecule has 3 N–H and O–H groups in total. The lowest BCUT2D eigenvalue weighted by atomic mass is 10.1. The van der Waals surface area contributed by atoms with Crippen molar-refractivity contribution >= 4 is 28.4 Å². The van der Waals surface area contributed by atoms with Crippen LogP contribution < -0.4 is 15.4 Å². The van der Waals surface area contributed by atoms with Crippen LogP contribution in [-0.2, 0) is 12.4 Å². The van der Waals surface area contributed by atoms with E-state index in [9.17, 15) is 31.1 Å². The van der Waals surface area contributed by atoms with E-state index in [0.29, 0.717) is 29.3 Å². The first kappa shape index (κ1) is 23.0. The number of hydrogen-bond acceptors (Lipinski definition) is 3. The molecule has 4 aromatic rings. The number of nitrogens with zero attached hydrogens (tertiary/aromatic N) is 1. The zero-order valence-corrected chi connectivity index (χ0v) is 16.9. The molecule has 2 heterocycles. The van der Waals surface area contributed by atoms with E-state index < -0.39 is 35.2 Å². The maximum atomic E-state index is 13.0. The number of carbonyl (C=O) groups excluding carboxylic acids is 1. The lowest BCUT2D eigenvalue weighted by Crippen LogP contribution is -2.20. The molecule has 0 saturated carbocycles. The molecular formula is C22H14F6N4O2. The maximum absolute atomic E-state index is 13.0. The molecule has 0 saturated heterocycles. The van der Waals surface area contributed by atoms with Crippen LogP contribution in [0.5, 0.6) is 11.5 Å². The molecule has 0 unspecified atom stereocenters. The highest BCUT2D eigenvalue weighted by atomic mass is 19.4. The van der Waals surface area contributed by atoms with E-state index >= 15 is 0 Å². The van der Waals surface area contributed by atoms with E-state index in [4.69, 9.17) is 4.74 Å². The number of H-pyrrole nitrogens is 1. The van der Waals surface area contributed by atoms with Gasteiger partial charge in [0.2, 0.25) is 0 Å². The van der Waals surface area contributed by atoms with Gasteiger partial charge in [-0.3, -0.25) is 0 Å². The molecule has 0 fully saturated rings. The number of rotatable bonds is 4. The van der Waals surface area contributed by atoms with Crippen LogP contribution in [0.25, 0.3) is 11.0 Å². The first-order chi connectivity index (χ1) is 16.0. The van der Waals surface area contributed by atoms with Crippen LogP contribution in [-0.4, -0.2) is 16.0 Å². The van der Waals surface area contributed by atoms with Crippen LogP contribution in [0.1, 0.15) is 11.1 Å². The molecule has 0 spiro atoms. The van der Waals surface area contributed by atoms with Gasteiger partial charge in [0.1, 0.15) is 17.1 Å². The Morgan fingerprint density at radius 3 is 2.06 bits per heavy atom. The predicted octanol–water partition coefficient (Wildman–Crippen LogP) is 7.04. The minimum absolute atomic E-state index is 0.0220. The summed E-state index contributed by atoms with van der Waals surface area (Å²) in [6.07, 6.45) is -6.78. The molecule has 6 nitrogen and oxygen atoms in total. The number of carbonyl (C=O) groups is 1. The highest BCUT2D eigenvalue weighted by molar-refractivity contribution is 5.99. The largest absolute Gasteiger partial charge is 0.457 e. The Balaban J connectivity index is 1.46.